The third kappa shape index (κ3) is 9.52. The van der Waals surface area contributed by atoms with E-state index in [2.05, 4.69) is 10.0 Å². The summed E-state index contributed by atoms with van der Waals surface area (Å²) in [6, 6.07) is 0.609. The molecule has 5 nitrogen and oxygen atoms in total. The van der Waals surface area contributed by atoms with E-state index in [9.17, 15) is 8.42 Å². The summed E-state index contributed by atoms with van der Waals surface area (Å²) in [4.78, 5) is 1.99. The first-order valence-corrected chi connectivity index (χ1v) is 7.77. The minimum Gasteiger partial charge on any atom is -0.314 e. The Morgan fingerprint density at radius 2 is 1.76 bits per heavy atom. The van der Waals surface area contributed by atoms with Gasteiger partial charge in [0.05, 0.1) is 5.75 Å². The molecule has 0 bridgehead atoms. The highest BCUT2D eigenvalue weighted by molar-refractivity contribution is 7.89. The van der Waals surface area contributed by atoms with E-state index in [1.54, 1.807) is 0 Å². The molecule has 0 heterocycles. The molecule has 1 unspecified atom stereocenters. The highest BCUT2D eigenvalue weighted by atomic mass is 32.2. The molecule has 0 rings (SSSR count). The van der Waals surface area contributed by atoms with E-state index in [1.165, 1.54) is 0 Å². The summed E-state index contributed by atoms with van der Waals surface area (Å²) in [5, 5.41) is 3.20. The van der Waals surface area contributed by atoms with Gasteiger partial charge in [0.15, 0.2) is 0 Å². The van der Waals surface area contributed by atoms with E-state index in [-0.39, 0.29) is 11.8 Å². The largest absolute Gasteiger partial charge is 0.314 e. The van der Waals surface area contributed by atoms with Gasteiger partial charge in [0, 0.05) is 18.6 Å². The quantitative estimate of drug-likeness (QED) is 0.587. The van der Waals surface area contributed by atoms with E-state index in [0.29, 0.717) is 19.0 Å². The molecule has 2 N–H and O–H groups in total. The number of rotatable bonds is 9. The molecule has 1 atom stereocenters. The summed E-state index contributed by atoms with van der Waals surface area (Å²) < 4.78 is 25.9. The fourth-order valence-electron chi connectivity index (χ4n) is 1.16. The Morgan fingerprint density at radius 3 is 2.24 bits per heavy atom. The topological polar surface area (TPSA) is 61.4 Å². The molecule has 0 spiro atoms. The molecule has 0 amide bonds. The van der Waals surface area contributed by atoms with Crippen molar-refractivity contribution < 1.29 is 8.42 Å². The van der Waals surface area contributed by atoms with Gasteiger partial charge in [0.1, 0.15) is 0 Å². The van der Waals surface area contributed by atoms with Gasteiger partial charge < -0.3 is 10.2 Å². The molecule has 17 heavy (non-hydrogen) atoms. The molecule has 0 radical (unpaired) electrons. The zero-order valence-corrected chi connectivity index (χ0v) is 12.5. The molecule has 0 aromatic rings. The third-order valence-electron chi connectivity index (χ3n) is 2.62. The molecule has 0 aromatic heterocycles. The van der Waals surface area contributed by atoms with Gasteiger partial charge in [-0.1, -0.05) is 13.8 Å². The Hall–Kier alpha value is -0.170. The van der Waals surface area contributed by atoms with Crippen LogP contribution in [0.4, 0.5) is 0 Å². The van der Waals surface area contributed by atoms with Gasteiger partial charge in [-0.05, 0) is 34.0 Å². The van der Waals surface area contributed by atoms with Crippen molar-refractivity contribution in [2.75, 3.05) is 32.9 Å². The van der Waals surface area contributed by atoms with Crippen LogP contribution in [0, 0.1) is 0 Å². The van der Waals surface area contributed by atoms with Gasteiger partial charge in [0.2, 0.25) is 10.0 Å². The predicted molar refractivity (Wildman–Crippen MR) is 72.7 cm³/mol. The SMILES string of the molecule is CC(C)NCCCS(=O)(=O)NCC(C)N(C)C. The van der Waals surface area contributed by atoms with Gasteiger partial charge in [-0.3, -0.25) is 0 Å². The number of hydrogen-bond acceptors (Lipinski definition) is 4. The normalized spacial score (nSPS) is 14.5. The molecule has 0 aromatic carbocycles. The maximum atomic E-state index is 11.6. The summed E-state index contributed by atoms with van der Waals surface area (Å²) >= 11 is 0. The van der Waals surface area contributed by atoms with Crippen LogP contribution < -0.4 is 10.0 Å². The highest BCUT2D eigenvalue weighted by Gasteiger charge is 2.12. The van der Waals surface area contributed by atoms with Crippen LogP contribution in [0.25, 0.3) is 0 Å². The minimum atomic E-state index is -3.12. The molecule has 0 fully saturated rings. The maximum Gasteiger partial charge on any atom is 0.211 e. The highest BCUT2D eigenvalue weighted by Crippen LogP contribution is 1.93. The first-order chi connectivity index (χ1) is 7.74. The van der Waals surface area contributed by atoms with E-state index in [0.717, 1.165) is 6.54 Å². The number of likely N-dealkylation sites (N-methyl/N-ethyl adjacent to an activating group) is 1. The van der Waals surface area contributed by atoms with Crippen molar-refractivity contribution in [2.45, 2.75) is 39.3 Å². The smallest absolute Gasteiger partial charge is 0.211 e. The summed E-state index contributed by atoms with van der Waals surface area (Å²) in [5.74, 6) is 0.187. The second kappa shape index (κ2) is 8.02. The van der Waals surface area contributed by atoms with Crippen molar-refractivity contribution in [3.63, 3.8) is 0 Å². The Bertz CT molecular complexity index is 289. The molecular formula is C11H27N3O2S. The zero-order chi connectivity index (χ0) is 13.5. The van der Waals surface area contributed by atoms with Crippen molar-refractivity contribution in [3.8, 4) is 0 Å². The van der Waals surface area contributed by atoms with Gasteiger partial charge in [-0.25, -0.2) is 13.1 Å². The summed E-state index contributed by atoms with van der Waals surface area (Å²) in [7, 11) is 0.747. The predicted octanol–water partition coefficient (Wildman–Crippen LogP) is 0.244. The summed E-state index contributed by atoms with van der Waals surface area (Å²) in [6.07, 6.45) is 0.643. The lowest BCUT2D eigenvalue weighted by atomic mass is 10.3. The van der Waals surface area contributed by atoms with Crippen LogP contribution >= 0.6 is 0 Å². The Balaban J connectivity index is 3.81. The van der Waals surface area contributed by atoms with Crippen molar-refractivity contribution in [1.82, 2.24) is 14.9 Å². The number of hydrogen-bond donors (Lipinski definition) is 2. The van der Waals surface area contributed by atoms with Crippen molar-refractivity contribution in [3.05, 3.63) is 0 Å². The van der Waals surface area contributed by atoms with Gasteiger partial charge in [-0.2, -0.15) is 0 Å². The lowest BCUT2D eigenvalue weighted by Gasteiger charge is -2.20. The van der Waals surface area contributed by atoms with Crippen molar-refractivity contribution in [1.29, 1.82) is 0 Å². The molecule has 0 aliphatic carbocycles. The standard InChI is InChI=1S/C11H27N3O2S/c1-10(2)12-7-6-8-17(15,16)13-9-11(3)14(4)5/h10-13H,6-9H2,1-5H3. The first kappa shape index (κ1) is 16.8. The first-order valence-electron chi connectivity index (χ1n) is 6.11. The summed E-state index contributed by atoms with van der Waals surface area (Å²) in [5.41, 5.74) is 0. The van der Waals surface area contributed by atoms with Crippen LogP contribution in [0.15, 0.2) is 0 Å². The number of nitrogens with zero attached hydrogens (tertiary/aromatic N) is 1. The monoisotopic (exact) mass is 265 g/mol. The van der Waals surface area contributed by atoms with Gasteiger partial charge >= 0.3 is 0 Å². The molecule has 104 valence electrons. The van der Waals surface area contributed by atoms with Crippen LogP contribution in [-0.2, 0) is 10.0 Å². The average molecular weight is 265 g/mol. The van der Waals surface area contributed by atoms with E-state index in [4.69, 9.17) is 0 Å². The van der Waals surface area contributed by atoms with Crippen LogP contribution in [-0.4, -0.2) is 58.3 Å². The fourth-order valence-corrected chi connectivity index (χ4v) is 2.32. The number of nitrogens with one attached hydrogen (secondary N) is 2. The number of sulfonamides is 1. The molecule has 6 heteroatoms. The van der Waals surface area contributed by atoms with E-state index < -0.39 is 10.0 Å². The molecule has 0 aliphatic heterocycles. The van der Waals surface area contributed by atoms with Gasteiger partial charge in [0.25, 0.3) is 0 Å². The lowest BCUT2D eigenvalue weighted by molar-refractivity contribution is 0.314. The minimum absolute atomic E-state index is 0.187. The molecular weight excluding hydrogens is 238 g/mol. The zero-order valence-electron chi connectivity index (χ0n) is 11.7. The molecule has 0 saturated carbocycles. The van der Waals surface area contributed by atoms with Crippen LogP contribution in [0.3, 0.4) is 0 Å². The second-order valence-corrected chi connectivity index (χ2v) is 6.87. The van der Waals surface area contributed by atoms with Crippen molar-refractivity contribution in [2.24, 2.45) is 0 Å². The maximum absolute atomic E-state index is 11.6. The Labute approximate surface area is 106 Å². The van der Waals surface area contributed by atoms with E-state index in [1.807, 2.05) is 39.8 Å². The van der Waals surface area contributed by atoms with Crippen LogP contribution in [0.5, 0.6) is 0 Å². The fraction of sp³-hybridized carbons (Fsp3) is 1.00. The summed E-state index contributed by atoms with van der Waals surface area (Å²) in [6.45, 7) is 7.29. The third-order valence-corrected chi connectivity index (χ3v) is 4.06. The van der Waals surface area contributed by atoms with Crippen molar-refractivity contribution >= 4 is 10.0 Å². The molecule has 0 aliphatic rings. The van der Waals surface area contributed by atoms with Crippen LogP contribution in [0.2, 0.25) is 0 Å². The molecule has 0 saturated heterocycles. The average Bonchev–Trinajstić information content (AvgIpc) is 2.21. The second-order valence-electron chi connectivity index (χ2n) is 4.94. The Kier molecular flexibility index (Phi) is 7.94. The van der Waals surface area contributed by atoms with E-state index >= 15 is 0 Å². The van der Waals surface area contributed by atoms with Gasteiger partial charge in [-0.15, -0.1) is 0 Å². The Morgan fingerprint density at radius 1 is 1.18 bits per heavy atom. The van der Waals surface area contributed by atoms with Crippen LogP contribution in [0.1, 0.15) is 27.2 Å². The lowest BCUT2D eigenvalue weighted by Crippen LogP contribution is -2.39.